The van der Waals surface area contributed by atoms with E-state index in [9.17, 15) is 9.59 Å². The van der Waals surface area contributed by atoms with Crippen LogP contribution in [0.3, 0.4) is 0 Å². The molecule has 1 saturated heterocycles. The van der Waals surface area contributed by atoms with Crippen LogP contribution in [0.1, 0.15) is 6.42 Å². The molecule has 1 atom stereocenters. The molecule has 146 valence electrons. The van der Waals surface area contributed by atoms with Gasteiger partial charge in [0.1, 0.15) is 5.75 Å². The Balaban J connectivity index is 0.00000338. The van der Waals surface area contributed by atoms with Gasteiger partial charge in [-0.1, -0.05) is 0 Å². The van der Waals surface area contributed by atoms with Gasteiger partial charge in [-0.15, -0.1) is 12.4 Å². The number of hydrogen-bond acceptors (Lipinski definition) is 6. The maximum atomic E-state index is 12.0. The smallest absolute Gasteiger partial charge is 0.260 e. The quantitative estimate of drug-likeness (QED) is 0.680. The van der Waals surface area contributed by atoms with Crippen molar-refractivity contribution in [2.45, 2.75) is 12.5 Å². The Morgan fingerprint density at radius 2 is 1.96 bits per heavy atom. The predicted molar refractivity (Wildman–Crippen MR) is 106 cm³/mol. The third-order valence-electron chi connectivity index (χ3n) is 3.82. The molecule has 9 heteroatoms. The number of benzene rings is 1. The Kier molecular flexibility index (Phi) is 10.4. The average molecular weight is 404 g/mol. The van der Waals surface area contributed by atoms with Crippen molar-refractivity contribution < 1.29 is 19.1 Å². The van der Waals surface area contributed by atoms with Crippen LogP contribution in [-0.4, -0.2) is 67.7 Å². The summed E-state index contributed by atoms with van der Waals surface area (Å²) in [6, 6.07) is 6.38. The molecule has 1 aliphatic rings. The highest BCUT2D eigenvalue weighted by Gasteiger charge is 2.17. The Labute approximate surface area is 164 Å². The van der Waals surface area contributed by atoms with E-state index in [0.29, 0.717) is 44.2 Å². The third kappa shape index (κ3) is 7.41. The number of thioether (sulfide) groups is 1. The first-order valence-electron chi connectivity index (χ1n) is 8.24. The summed E-state index contributed by atoms with van der Waals surface area (Å²) in [6.07, 6.45) is 2.62. The SMILES string of the molecule is CSCC[C@H](N)C(=O)Nc1ccc(OCC(=O)N2CCOCC2)cc1.Cl. The van der Waals surface area contributed by atoms with Crippen LogP contribution in [0.25, 0.3) is 0 Å². The molecule has 0 unspecified atom stereocenters. The minimum Gasteiger partial charge on any atom is -0.484 e. The molecule has 0 saturated carbocycles. The lowest BCUT2D eigenvalue weighted by Gasteiger charge is -2.26. The number of morpholine rings is 1. The molecule has 0 spiro atoms. The molecule has 0 aromatic heterocycles. The number of rotatable bonds is 8. The molecule has 1 aliphatic heterocycles. The first kappa shape index (κ1) is 22.6. The fourth-order valence-electron chi connectivity index (χ4n) is 2.29. The molecule has 0 bridgehead atoms. The van der Waals surface area contributed by atoms with Gasteiger partial charge in [0.15, 0.2) is 6.61 Å². The number of ether oxygens (including phenoxy) is 2. The monoisotopic (exact) mass is 403 g/mol. The first-order chi connectivity index (χ1) is 12.1. The lowest BCUT2D eigenvalue weighted by molar-refractivity contribution is -0.137. The lowest BCUT2D eigenvalue weighted by Crippen LogP contribution is -2.42. The molecule has 1 aromatic rings. The van der Waals surface area contributed by atoms with Gasteiger partial charge in [0, 0.05) is 18.8 Å². The van der Waals surface area contributed by atoms with E-state index in [0.717, 1.165) is 5.75 Å². The van der Waals surface area contributed by atoms with Crippen molar-refractivity contribution in [1.82, 2.24) is 4.90 Å². The van der Waals surface area contributed by atoms with Crippen LogP contribution in [0.15, 0.2) is 24.3 Å². The van der Waals surface area contributed by atoms with E-state index in [1.54, 1.807) is 40.9 Å². The Morgan fingerprint density at radius 3 is 2.58 bits per heavy atom. The number of anilines is 1. The van der Waals surface area contributed by atoms with Gasteiger partial charge in [0.25, 0.3) is 5.91 Å². The van der Waals surface area contributed by atoms with Gasteiger partial charge < -0.3 is 25.4 Å². The van der Waals surface area contributed by atoms with Crippen molar-refractivity contribution in [3.63, 3.8) is 0 Å². The Morgan fingerprint density at radius 1 is 1.31 bits per heavy atom. The van der Waals surface area contributed by atoms with Crippen LogP contribution in [0.4, 0.5) is 5.69 Å². The fourth-order valence-corrected chi connectivity index (χ4v) is 2.78. The molecule has 1 aromatic carbocycles. The van der Waals surface area contributed by atoms with Crippen LogP contribution in [0.5, 0.6) is 5.75 Å². The molecule has 7 nitrogen and oxygen atoms in total. The minimum absolute atomic E-state index is 0. The Hall–Kier alpha value is -1.48. The van der Waals surface area contributed by atoms with Crippen LogP contribution in [0.2, 0.25) is 0 Å². The standard InChI is InChI=1S/C17H25N3O4S.ClH/c1-25-11-6-15(18)17(22)19-13-2-4-14(5-3-13)24-12-16(21)20-7-9-23-10-8-20;/h2-5,15H,6-12,18H2,1H3,(H,19,22);1H/t15-;/m0./s1. The van der Waals surface area contributed by atoms with Gasteiger partial charge >= 0.3 is 0 Å². The second-order valence-electron chi connectivity index (χ2n) is 5.68. The summed E-state index contributed by atoms with van der Waals surface area (Å²) in [5, 5.41) is 2.78. The number of hydrogen-bond donors (Lipinski definition) is 2. The van der Waals surface area contributed by atoms with Gasteiger partial charge in [-0.2, -0.15) is 11.8 Å². The number of nitrogens with zero attached hydrogens (tertiary/aromatic N) is 1. The molecule has 3 N–H and O–H groups in total. The maximum Gasteiger partial charge on any atom is 0.260 e. The van der Waals surface area contributed by atoms with Gasteiger partial charge in [-0.05, 0) is 42.7 Å². The number of carbonyl (C=O) groups is 2. The highest BCUT2D eigenvalue weighted by atomic mass is 35.5. The number of amides is 2. The number of nitrogens with two attached hydrogens (primary N) is 1. The number of nitrogens with one attached hydrogen (secondary N) is 1. The van der Waals surface area contributed by atoms with E-state index >= 15 is 0 Å². The zero-order valence-electron chi connectivity index (χ0n) is 14.8. The second kappa shape index (κ2) is 12.0. The van der Waals surface area contributed by atoms with Crippen LogP contribution in [0, 0.1) is 0 Å². The molecule has 2 rings (SSSR count). The molecule has 1 fully saturated rings. The van der Waals surface area contributed by atoms with E-state index in [2.05, 4.69) is 5.32 Å². The molecular formula is C17H26ClN3O4S. The summed E-state index contributed by atoms with van der Waals surface area (Å²) in [4.78, 5) is 25.7. The topological polar surface area (TPSA) is 93.9 Å². The largest absolute Gasteiger partial charge is 0.484 e. The van der Waals surface area contributed by atoms with E-state index in [4.69, 9.17) is 15.2 Å². The maximum absolute atomic E-state index is 12.0. The van der Waals surface area contributed by atoms with Crippen molar-refractivity contribution in [3.8, 4) is 5.75 Å². The Bertz CT molecular complexity index is 568. The summed E-state index contributed by atoms with van der Waals surface area (Å²) in [7, 11) is 0. The molecular weight excluding hydrogens is 378 g/mol. The van der Waals surface area contributed by atoms with Crippen molar-refractivity contribution >= 4 is 41.7 Å². The van der Waals surface area contributed by atoms with Crippen molar-refractivity contribution in [1.29, 1.82) is 0 Å². The molecule has 2 amide bonds. The third-order valence-corrected chi connectivity index (χ3v) is 4.46. The fraction of sp³-hybridized carbons (Fsp3) is 0.529. The molecule has 0 radical (unpaired) electrons. The van der Waals surface area contributed by atoms with E-state index in [-0.39, 0.29) is 30.8 Å². The minimum atomic E-state index is -0.519. The summed E-state index contributed by atoms with van der Waals surface area (Å²) in [6.45, 7) is 2.33. The molecule has 1 heterocycles. The van der Waals surface area contributed by atoms with E-state index in [1.807, 2.05) is 6.26 Å². The van der Waals surface area contributed by atoms with E-state index < -0.39 is 6.04 Å². The highest BCUT2D eigenvalue weighted by molar-refractivity contribution is 7.98. The summed E-state index contributed by atoms with van der Waals surface area (Å²) in [5.74, 6) is 1.16. The van der Waals surface area contributed by atoms with Crippen molar-refractivity contribution in [2.24, 2.45) is 5.73 Å². The molecule has 26 heavy (non-hydrogen) atoms. The average Bonchev–Trinajstić information content (AvgIpc) is 2.65. The lowest BCUT2D eigenvalue weighted by atomic mass is 10.2. The first-order valence-corrected chi connectivity index (χ1v) is 9.63. The van der Waals surface area contributed by atoms with E-state index in [1.165, 1.54) is 0 Å². The van der Waals surface area contributed by atoms with Gasteiger partial charge in [-0.25, -0.2) is 0 Å². The molecule has 0 aliphatic carbocycles. The zero-order valence-corrected chi connectivity index (χ0v) is 16.4. The van der Waals surface area contributed by atoms with Crippen LogP contribution >= 0.6 is 24.2 Å². The van der Waals surface area contributed by atoms with Crippen molar-refractivity contribution in [3.05, 3.63) is 24.3 Å². The second-order valence-corrected chi connectivity index (χ2v) is 6.67. The summed E-state index contributed by atoms with van der Waals surface area (Å²) in [5.41, 5.74) is 6.48. The van der Waals surface area contributed by atoms with Crippen LogP contribution < -0.4 is 15.8 Å². The predicted octanol–water partition coefficient (Wildman–Crippen LogP) is 1.36. The summed E-state index contributed by atoms with van der Waals surface area (Å²) < 4.78 is 10.7. The van der Waals surface area contributed by atoms with Gasteiger partial charge in [-0.3, -0.25) is 9.59 Å². The summed E-state index contributed by atoms with van der Waals surface area (Å²) >= 11 is 1.66. The zero-order chi connectivity index (χ0) is 18.1. The van der Waals surface area contributed by atoms with Gasteiger partial charge in [0.2, 0.25) is 5.91 Å². The van der Waals surface area contributed by atoms with Crippen LogP contribution in [-0.2, 0) is 14.3 Å². The number of halogens is 1. The number of carbonyl (C=O) groups excluding carboxylic acids is 2. The van der Waals surface area contributed by atoms with Crippen molar-refractivity contribution in [2.75, 3.05) is 50.2 Å². The normalized spacial score (nSPS) is 14.9. The van der Waals surface area contributed by atoms with Gasteiger partial charge in [0.05, 0.1) is 19.3 Å². The highest BCUT2D eigenvalue weighted by Crippen LogP contribution is 2.16.